The molecule has 3 heterocycles. The summed E-state index contributed by atoms with van der Waals surface area (Å²) in [6.45, 7) is 7.14. The molecule has 0 bridgehead atoms. The van der Waals surface area contributed by atoms with E-state index in [0.717, 1.165) is 41.6 Å². The predicted molar refractivity (Wildman–Crippen MR) is 99.5 cm³/mol. The van der Waals surface area contributed by atoms with Crippen molar-refractivity contribution >= 4 is 16.3 Å². The number of benzene rings is 1. The Labute approximate surface area is 150 Å². The molecule has 130 valence electrons. The van der Waals surface area contributed by atoms with Crippen LogP contribution in [0.15, 0.2) is 34.4 Å². The van der Waals surface area contributed by atoms with Gasteiger partial charge >= 0.3 is 0 Å². The van der Waals surface area contributed by atoms with Crippen LogP contribution in [0.2, 0.25) is 0 Å². The first-order valence-corrected chi connectivity index (χ1v) is 9.45. The number of fused-ring (bicyclic) bond motifs is 2. The number of ether oxygens (including phenoxy) is 1. The largest absolute Gasteiger partial charge is 0.494 e. The summed E-state index contributed by atoms with van der Waals surface area (Å²) in [5.41, 5.74) is 4.49. The number of thiazole rings is 1. The summed E-state index contributed by atoms with van der Waals surface area (Å²) in [6.07, 6.45) is 1.01. The Morgan fingerprint density at radius 2 is 2.16 bits per heavy atom. The lowest BCUT2D eigenvalue weighted by atomic mass is 9.99. The van der Waals surface area contributed by atoms with Crippen molar-refractivity contribution in [1.82, 2.24) is 14.3 Å². The highest BCUT2D eigenvalue weighted by atomic mass is 32.1. The second-order valence-corrected chi connectivity index (χ2v) is 7.24. The van der Waals surface area contributed by atoms with Crippen molar-refractivity contribution in [2.45, 2.75) is 33.4 Å². The van der Waals surface area contributed by atoms with E-state index in [-0.39, 0.29) is 5.56 Å². The second-order valence-electron chi connectivity index (χ2n) is 6.40. The third-order valence-corrected chi connectivity index (χ3v) is 5.54. The summed E-state index contributed by atoms with van der Waals surface area (Å²) in [7, 11) is 0. The van der Waals surface area contributed by atoms with Gasteiger partial charge in [-0.2, -0.15) is 0 Å². The van der Waals surface area contributed by atoms with Gasteiger partial charge in [-0.05, 0) is 43.5 Å². The highest BCUT2D eigenvalue weighted by molar-refractivity contribution is 7.15. The predicted octanol–water partition coefficient (Wildman–Crippen LogP) is 3.02. The Balaban J connectivity index is 1.56. The Hall–Kier alpha value is -2.18. The van der Waals surface area contributed by atoms with Crippen molar-refractivity contribution in [3.63, 3.8) is 0 Å². The lowest BCUT2D eigenvalue weighted by Gasteiger charge is -2.28. The van der Waals surface area contributed by atoms with Crippen LogP contribution in [-0.2, 0) is 19.5 Å². The normalized spacial score (nSPS) is 14.6. The minimum Gasteiger partial charge on any atom is -0.494 e. The minimum absolute atomic E-state index is 0.00907. The van der Waals surface area contributed by atoms with Crippen molar-refractivity contribution in [2.75, 3.05) is 13.2 Å². The summed E-state index contributed by atoms with van der Waals surface area (Å²) in [4.78, 5) is 20.1. The summed E-state index contributed by atoms with van der Waals surface area (Å²) in [6, 6.07) is 8.02. The summed E-state index contributed by atoms with van der Waals surface area (Å²) < 4.78 is 7.29. The molecule has 1 aliphatic rings. The average molecular weight is 355 g/mol. The lowest BCUT2D eigenvalue weighted by molar-refractivity contribution is 0.241. The molecule has 0 unspecified atom stereocenters. The molecule has 0 aliphatic carbocycles. The molecule has 0 radical (unpaired) electrons. The van der Waals surface area contributed by atoms with Crippen LogP contribution in [0.25, 0.3) is 4.96 Å². The maximum absolute atomic E-state index is 12.3. The molecule has 0 atom stereocenters. The van der Waals surface area contributed by atoms with Crippen LogP contribution in [0.4, 0.5) is 0 Å². The van der Waals surface area contributed by atoms with Crippen molar-refractivity contribution in [3.05, 3.63) is 62.5 Å². The van der Waals surface area contributed by atoms with Gasteiger partial charge in [-0.1, -0.05) is 6.07 Å². The van der Waals surface area contributed by atoms with E-state index >= 15 is 0 Å². The molecule has 0 spiro atoms. The van der Waals surface area contributed by atoms with Gasteiger partial charge in [0.2, 0.25) is 0 Å². The number of aryl methyl sites for hydroxylation is 1. The fourth-order valence-electron chi connectivity index (χ4n) is 3.39. The molecule has 5 nitrogen and oxygen atoms in total. The van der Waals surface area contributed by atoms with Crippen LogP contribution >= 0.6 is 11.3 Å². The van der Waals surface area contributed by atoms with E-state index in [1.54, 1.807) is 10.5 Å². The molecule has 25 heavy (non-hydrogen) atoms. The number of hydrogen-bond acceptors (Lipinski definition) is 5. The van der Waals surface area contributed by atoms with Gasteiger partial charge in [0.1, 0.15) is 5.75 Å². The van der Waals surface area contributed by atoms with Crippen LogP contribution in [-0.4, -0.2) is 27.4 Å². The van der Waals surface area contributed by atoms with Gasteiger partial charge in [0.05, 0.1) is 12.3 Å². The van der Waals surface area contributed by atoms with Crippen LogP contribution in [0.5, 0.6) is 5.75 Å². The van der Waals surface area contributed by atoms with E-state index in [4.69, 9.17) is 4.74 Å². The molecule has 3 aromatic rings. The monoisotopic (exact) mass is 355 g/mol. The van der Waals surface area contributed by atoms with Crippen molar-refractivity contribution in [3.8, 4) is 5.75 Å². The fourth-order valence-corrected chi connectivity index (χ4v) is 4.29. The Morgan fingerprint density at radius 1 is 1.28 bits per heavy atom. The van der Waals surface area contributed by atoms with E-state index < -0.39 is 0 Å². The smallest absolute Gasteiger partial charge is 0.259 e. The zero-order chi connectivity index (χ0) is 17.4. The van der Waals surface area contributed by atoms with E-state index in [2.05, 4.69) is 22.0 Å². The molecule has 1 aromatic carbocycles. The average Bonchev–Trinajstić information content (AvgIpc) is 2.96. The summed E-state index contributed by atoms with van der Waals surface area (Å²) in [5, 5.41) is 1.97. The maximum atomic E-state index is 12.3. The SMILES string of the molecule is CCOc1ccc2c(c1)CN(Cc1cc(=O)n3c(C)csc3n1)CC2. The zero-order valence-corrected chi connectivity index (χ0v) is 15.3. The number of aromatic nitrogens is 2. The number of rotatable bonds is 4. The maximum Gasteiger partial charge on any atom is 0.259 e. The Kier molecular flexibility index (Phi) is 4.31. The first-order chi connectivity index (χ1) is 12.1. The Bertz CT molecular complexity index is 976. The van der Waals surface area contributed by atoms with Gasteiger partial charge in [0.25, 0.3) is 5.56 Å². The molecule has 2 aromatic heterocycles. The standard InChI is InChI=1S/C19H21N3O2S/c1-3-24-17-5-4-14-6-7-21(10-15(14)8-17)11-16-9-18(23)22-13(2)12-25-19(22)20-16/h4-5,8-9,12H,3,6-7,10-11H2,1-2H3. The van der Waals surface area contributed by atoms with E-state index in [1.807, 2.05) is 25.3 Å². The first-order valence-electron chi connectivity index (χ1n) is 8.58. The van der Waals surface area contributed by atoms with E-state index in [9.17, 15) is 4.79 Å². The van der Waals surface area contributed by atoms with Crippen molar-refractivity contribution < 1.29 is 4.74 Å². The lowest BCUT2D eigenvalue weighted by Crippen LogP contribution is -2.31. The van der Waals surface area contributed by atoms with Crippen LogP contribution in [0.3, 0.4) is 0 Å². The topological polar surface area (TPSA) is 46.8 Å². The fraction of sp³-hybridized carbons (Fsp3) is 0.368. The molecule has 0 amide bonds. The van der Waals surface area contributed by atoms with Gasteiger partial charge in [-0.25, -0.2) is 4.98 Å². The van der Waals surface area contributed by atoms with Gasteiger partial charge in [0, 0.05) is 36.8 Å². The van der Waals surface area contributed by atoms with Gasteiger partial charge < -0.3 is 4.74 Å². The highest BCUT2D eigenvalue weighted by Crippen LogP contribution is 2.25. The zero-order valence-electron chi connectivity index (χ0n) is 14.5. The number of nitrogens with zero attached hydrogens (tertiary/aromatic N) is 3. The van der Waals surface area contributed by atoms with Gasteiger partial charge in [0.15, 0.2) is 4.96 Å². The van der Waals surface area contributed by atoms with Crippen molar-refractivity contribution in [2.24, 2.45) is 0 Å². The van der Waals surface area contributed by atoms with Crippen LogP contribution in [0.1, 0.15) is 29.4 Å². The molecule has 0 saturated heterocycles. The summed E-state index contributed by atoms with van der Waals surface area (Å²) >= 11 is 1.52. The molecular weight excluding hydrogens is 334 g/mol. The molecule has 0 N–H and O–H groups in total. The molecule has 1 aliphatic heterocycles. The molecule has 0 fully saturated rings. The molecule has 0 saturated carbocycles. The van der Waals surface area contributed by atoms with E-state index in [0.29, 0.717) is 13.2 Å². The third kappa shape index (κ3) is 3.19. The third-order valence-electron chi connectivity index (χ3n) is 4.59. The number of hydrogen-bond donors (Lipinski definition) is 0. The van der Waals surface area contributed by atoms with Crippen molar-refractivity contribution in [1.29, 1.82) is 0 Å². The van der Waals surface area contributed by atoms with Gasteiger partial charge in [-0.3, -0.25) is 14.1 Å². The second kappa shape index (κ2) is 6.61. The first kappa shape index (κ1) is 16.3. The minimum atomic E-state index is 0.00907. The highest BCUT2D eigenvalue weighted by Gasteiger charge is 2.18. The van der Waals surface area contributed by atoms with Gasteiger partial charge in [-0.15, -0.1) is 11.3 Å². The Morgan fingerprint density at radius 3 is 3.00 bits per heavy atom. The molecular formula is C19H21N3O2S. The van der Waals surface area contributed by atoms with Crippen LogP contribution in [0, 0.1) is 6.92 Å². The van der Waals surface area contributed by atoms with E-state index in [1.165, 1.54) is 22.5 Å². The van der Waals surface area contributed by atoms with Crippen LogP contribution < -0.4 is 10.3 Å². The summed E-state index contributed by atoms with van der Waals surface area (Å²) in [5.74, 6) is 0.926. The quantitative estimate of drug-likeness (QED) is 0.722. The molecule has 4 rings (SSSR count). The molecule has 6 heteroatoms.